The van der Waals surface area contributed by atoms with E-state index in [9.17, 15) is 4.79 Å². The summed E-state index contributed by atoms with van der Waals surface area (Å²) in [5, 5.41) is 3.28. The van der Waals surface area contributed by atoms with Gasteiger partial charge in [-0.05, 0) is 45.1 Å². The van der Waals surface area contributed by atoms with Crippen LogP contribution in [-0.2, 0) is 14.3 Å². The lowest BCUT2D eigenvalue weighted by molar-refractivity contribution is -0.151. The first-order valence-electron chi connectivity index (χ1n) is 7.75. The van der Waals surface area contributed by atoms with Crippen LogP contribution in [0.1, 0.15) is 60.8 Å². The Morgan fingerprint density at radius 1 is 1.05 bits per heavy atom. The molecule has 0 spiro atoms. The Hall–Kier alpha value is -0.610. The normalized spacial score (nSPS) is 14.9. The van der Waals surface area contributed by atoms with Gasteiger partial charge in [0, 0.05) is 13.2 Å². The Balaban J connectivity index is 4.19. The van der Waals surface area contributed by atoms with E-state index in [1.165, 1.54) is 0 Å². The van der Waals surface area contributed by atoms with Crippen LogP contribution in [0.5, 0.6) is 0 Å². The molecular weight excluding hydrogens is 254 g/mol. The molecule has 0 amide bonds. The molecule has 1 unspecified atom stereocenters. The molecule has 0 aromatic carbocycles. The van der Waals surface area contributed by atoms with Gasteiger partial charge in [-0.3, -0.25) is 4.79 Å². The van der Waals surface area contributed by atoms with E-state index in [2.05, 4.69) is 33.0 Å². The first-order valence-corrected chi connectivity index (χ1v) is 7.75. The number of esters is 1. The maximum atomic E-state index is 12.1. The summed E-state index contributed by atoms with van der Waals surface area (Å²) >= 11 is 0. The van der Waals surface area contributed by atoms with Gasteiger partial charge in [0.05, 0.1) is 6.61 Å². The molecule has 0 saturated heterocycles. The topological polar surface area (TPSA) is 47.6 Å². The Morgan fingerprint density at radius 2 is 1.65 bits per heavy atom. The van der Waals surface area contributed by atoms with Crippen LogP contribution in [0, 0.1) is 5.41 Å². The average Bonchev–Trinajstić information content (AvgIpc) is 2.35. The lowest BCUT2D eigenvalue weighted by Crippen LogP contribution is -2.51. The maximum absolute atomic E-state index is 12.1. The van der Waals surface area contributed by atoms with Crippen molar-refractivity contribution in [3.05, 3.63) is 0 Å². The molecule has 120 valence electrons. The monoisotopic (exact) mass is 287 g/mol. The van der Waals surface area contributed by atoms with Crippen molar-refractivity contribution in [2.75, 3.05) is 26.4 Å². The van der Waals surface area contributed by atoms with Gasteiger partial charge in [0.1, 0.15) is 5.54 Å². The van der Waals surface area contributed by atoms with Gasteiger partial charge < -0.3 is 14.8 Å². The highest BCUT2D eigenvalue weighted by Crippen LogP contribution is 2.18. The molecule has 0 radical (unpaired) electrons. The number of carbonyl (C=O) groups is 1. The number of carbonyl (C=O) groups excluding carboxylic acids is 1. The van der Waals surface area contributed by atoms with E-state index in [-0.39, 0.29) is 11.4 Å². The number of nitrogens with one attached hydrogen (secondary N) is 1. The molecular formula is C16H33NO3. The smallest absolute Gasteiger partial charge is 0.326 e. The Bertz CT molecular complexity index is 273. The molecule has 0 heterocycles. The summed E-state index contributed by atoms with van der Waals surface area (Å²) in [6, 6.07) is 0. The SMILES string of the molecule is CCCNC(C)(CCOCCC(C)(C)C)C(=O)OCC. The van der Waals surface area contributed by atoms with Crippen LogP contribution in [0.3, 0.4) is 0 Å². The number of hydrogen-bond acceptors (Lipinski definition) is 4. The summed E-state index contributed by atoms with van der Waals surface area (Å²) in [6.45, 7) is 14.9. The van der Waals surface area contributed by atoms with Crippen molar-refractivity contribution in [3.63, 3.8) is 0 Å². The minimum atomic E-state index is -0.645. The molecule has 0 rings (SSSR count). The van der Waals surface area contributed by atoms with Gasteiger partial charge in [0.15, 0.2) is 0 Å². The highest BCUT2D eigenvalue weighted by atomic mass is 16.5. The summed E-state index contributed by atoms with van der Waals surface area (Å²) < 4.78 is 10.8. The third kappa shape index (κ3) is 8.54. The van der Waals surface area contributed by atoms with Gasteiger partial charge in [-0.25, -0.2) is 0 Å². The van der Waals surface area contributed by atoms with Crippen molar-refractivity contribution >= 4 is 5.97 Å². The Kier molecular flexibility index (Phi) is 9.06. The van der Waals surface area contributed by atoms with E-state index in [0.717, 1.165) is 26.0 Å². The first-order chi connectivity index (χ1) is 9.25. The molecule has 0 saturated carbocycles. The number of ether oxygens (including phenoxy) is 2. The highest BCUT2D eigenvalue weighted by Gasteiger charge is 2.33. The molecule has 4 heteroatoms. The number of rotatable bonds is 10. The minimum Gasteiger partial charge on any atom is -0.465 e. The van der Waals surface area contributed by atoms with Crippen molar-refractivity contribution in [2.45, 2.75) is 66.3 Å². The molecule has 0 fully saturated rings. The predicted molar refractivity (Wildman–Crippen MR) is 82.8 cm³/mol. The fourth-order valence-electron chi connectivity index (χ4n) is 1.71. The maximum Gasteiger partial charge on any atom is 0.326 e. The van der Waals surface area contributed by atoms with Crippen molar-refractivity contribution in [3.8, 4) is 0 Å². The lowest BCUT2D eigenvalue weighted by atomic mass is 9.93. The Morgan fingerprint density at radius 3 is 2.15 bits per heavy atom. The van der Waals surface area contributed by atoms with Crippen LogP contribution in [0.2, 0.25) is 0 Å². The summed E-state index contributed by atoms with van der Waals surface area (Å²) in [4.78, 5) is 12.1. The predicted octanol–water partition coefficient (Wildman–Crippen LogP) is 3.15. The van der Waals surface area contributed by atoms with Gasteiger partial charge in [-0.15, -0.1) is 0 Å². The van der Waals surface area contributed by atoms with E-state index in [1.807, 2.05) is 13.8 Å². The van der Waals surface area contributed by atoms with Gasteiger partial charge >= 0.3 is 5.97 Å². The first kappa shape index (κ1) is 19.4. The molecule has 1 N–H and O–H groups in total. The molecule has 1 atom stereocenters. The summed E-state index contributed by atoms with van der Waals surface area (Å²) in [7, 11) is 0. The minimum absolute atomic E-state index is 0.187. The molecule has 0 aliphatic carbocycles. The third-order valence-corrected chi connectivity index (χ3v) is 3.23. The molecule has 0 aliphatic rings. The van der Waals surface area contributed by atoms with Crippen molar-refractivity contribution in [1.82, 2.24) is 5.32 Å². The second-order valence-electron chi connectivity index (χ2n) is 6.65. The van der Waals surface area contributed by atoms with Crippen LogP contribution in [0.25, 0.3) is 0 Å². The third-order valence-electron chi connectivity index (χ3n) is 3.23. The summed E-state index contributed by atoms with van der Waals surface area (Å²) in [5.74, 6) is -0.187. The van der Waals surface area contributed by atoms with E-state index in [1.54, 1.807) is 0 Å². The molecule has 4 nitrogen and oxygen atoms in total. The molecule has 0 aromatic rings. The van der Waals surface area contributed by atoms with Crippen LogP contribution < -0.4 is 5.32 Å². The second kappa shape index (κ2) is 9.35. The quantitative estimate of drug-likeness (QED) is 0.495. The Labute approximate surface area is 124 Å². The van der Waals surface area contributed by atoms with Gasteiger partial charge in [0.25, 0.3) is 0 Å². The van der Waals surface area contributed by atoms with Crippen LogP contribution in [-0.4, -0.2) is 37.9 Å². The van der Waals surface area contributed by atoms with Crippen LogP contribution >= 0.6 is 0 Å². The van der Waals surface area contributed by atoms with Crippen molar-refractivity contribution in [1.29, 1.82) is 0 Å². The van der Waals surface area contributed by atoms with Crippen LogP contribution in [0.4, 0.5) is 0 Å². The van der Waals surface area contributed by atoms with Crippen LogP contribution in [0.15, 0.2) is 0 Å². The van der Waals surface area contributed by atoms with Crippen molar-refractivity contribution in [2.24, 2.45) is 5.41 Å². The second-order valence-corrected chi connectivity index (χ2v) is 6.65. The molecule has 20 heavy (non-hydrogen) atoms. The zero-order valence-corrected chi connectivity index (χ0v) is 14.2. The standard InChI is InChI=1S/C16H33NO3/c1-7-11-17-16(6,14(18)20-8-2)10-13-19-12-9-15(3,4)5/h17H,7-13H2,1-6H3. The largest absolute Gasteiger partial charge is 0.465 e. The zero-order valence-electron chi connectivity index (χ0n) is 14.2. The van der Waals surface area contributed by atoms with E-state index < -0.39 is 5.54 Å². The molecule has 0 aliphatic heterocycles. The van der Waals surface area contributed by atoms with Gasteiger partial charge in [-0.1, -0.05) is 27.7 Å². The molecule has 0 bridgehead atoms. The van der Waals surface area contributed by atoms with Gasteiger partial charge in [0.2, 0.25) is 0 Å². The summed E-state index contributed by atoms with van der Waals surface area (Å²) in [5.41, 5.74) is -0.362. The van der Waals surface area contributed by atoms with E-state index in [4.69, 9.17) is 9.47 Å². The average molecular weight is 287 g/mol. The summed E-state index contributed by atoms with van der Waals surface area (Å²) in [6.07, 6.45) is 2.64. The van der Waals surface area contributed by atoms with Gasteiger partial charge in [-0.2, -0.15) is 0 Å². The van der Waals surface area contributed by atoms with E-state index >= 15 is 0 Å². The fourth-order valence-corrected chi connectivity index (χ4v) is 1.71. The highest BCUT2D eigenvalue weighted by molar-refractivity contribution is 5.80. The molecule has 0 aromatic heterocycles. The van der Waals surface area contributed by atoms with E-state index in [0.29, 0.717) is 19.6 Å². The van der Waals surface area contributed by atoms with Crippen molar-refractivity contribution < 1.29 is 14.3 Å². The number of hydrogen-bond donors (Lipinski definition) is 1. The fraction of sp³-hybridized carbons (Fsp3) is 0.938. The zero-order chi connectivity index (χ0) is 15.6. The lowest BCUT2D eigenvalue weighted by Gasteiger charge is -2.28.